The first-order valence-electron chi connectivity index (χ1n) is 12.7. The van der Waals surface area contributed by atoms with Crippen LogP contribution in [0.15, 0.2) is 18.3 Å². The zero-order valence-corrected chi connectivity index (χ0v) is 24.3. The van der Waals surface area contributed by atoms with Crippen molar-refractivity contribution in [1.29, 1.82) is 0 Å². The van der Waals surface area contributed by atoms with Crippen LogP contribution in [0.4, 0.5) is 13.2 Å². The Morgan fingerprint density at radius 3 is 2.22 bits per heavy atom. The Bertz CT molecular complexity index is 1100. The lowest BCUT2D eigenvalue weighted by Crippen LogP contribution is -2.44. The normalized spacial score (nSPS) is 19.4. The Kier molecular flexibility index (Phi) is 7.61. The highest BCUT2D eigenvalue weighted by molar-refractivity contribution is 6.74. The van der Waals surface area contributed by atoms with Crippen molar-refractivity contribution in [1.82, 2.24) is 9.97 Å². The smallest absolute Gasteiger partial charge is 0.410 e. The minimum atomic E-state index is -4.53. The lowest BCUT2D eigenvalue weighted by Gasteiger charge is -2.45. The monoisotopic (exact) mass is 522 g/mol. The van der Waals surface area contributed by atoms with Gasteiger partial charge < -0.3 is 9.53 Å². The first-order valence-corrected chi connectivity index (χ1v) is 15.6. The number of nitrogens with zero attached hydrogens (tertiary/aromatic N) is 2. The quantitative estimate of drug-likeness (QED) is 0.404. The molecule has 0 spiro atoms. The molecule has 3 rings (SSSR count). The van der Waals surface area contributed by atoms with Gasteiger partial charge in [-0.05, 0) is 60.9 Å². The predicted molar refractivity (Wildman–Crippen MR) is 139 cm³/mol. The van der Waals surface area contributed by atoms with Gasteiger partial charge in [0.15, 0.2) is 8.32 Å². The van der Waals surface area contributed by atoms with Gasteiger partial charge in [-0.25, -0.2) is 0 Å². The van der Waals surface area contributed by atoms with E-state index in [4.69, 9.17) is 9.41 Å². The van der Waals surface area contributed by atoms with E-state index in [9.17, 15) is 18.3 Å². The zero-order valence-electron chi connectivity index (χ0n) is 23.3. The summed E-state index contributed by atoms with van der Waals surface area (Å²) in [4.78, 5) is 8.66. The number of halogens is 3. The van der Waals surface area contributed by atoms with E-state index in [0.29, 0.717) is 11.1 Å². The first kappa shape index (κ1) is 28.8. The van der Waals surface area contributed by atoms with E-state index >= 15 is 0 Å². The fourth-order valence-corrected chi connectivity index (χ4v) is 6.10. The highest BCUT2D eigenvalue weighted by Crippen LogP contribution is 2.49. The van der Waals surface area contributed by atoms with Gasteiger partial charge in [-0.3, -0.25) is 9.97 Å². The van der Waals surface area contributed by atoms with Gasteiger partial charge in [-0.2, -0.15) is 13.2 Å². The van der Waals surface area contributed by atoms with Gasteiger partial charge >= 0.3 is 6.18 Å². The predicted octanol–water partition coefficient (Wildman–Crippen LogP) is 8.04. The van der Waals surface area contributed by atoms with Crippen LogP contribution in [0.5, 0.6) is 0 Å². The Morgan fingerprint density at radius 2 is 1.75 bits per heavy atom. The SMILES string of the molecule is Cc1c2c(nc(C(C)C)c1C(O)c1ccc(C(F)(F)F)nc1)CC(C)(C)CC2O[Si](C)(C)C(C)(C)C. The van der Waals surface area contributed by atoms with Crippen LogP contribution in [0.25, 0.3) is 0 Å². The van der Waals surface area contributed by atoms with Gasteiger partial charge in [-0.15, -0.1) is 0 Å². The number of fused-ring (bicyclic) bond motifs is 1. The van der Waals surface area contributed by atoms with Crippen LogP contribution in [-0.2, 0) is 17.0 Å². The molecule has 1 aliphatic carbocycles. The Morgan fingerprint density at radius 1 is 1.14 bits per heavy atom. The molecule has 0 radical (unpaired) electrons. The minimum Gasteiger partial charge on any atom is -0.410 e. The Hall–Kier alpha value is -1.77. The number of rotatable bonds is 5. The third-order valence-corrected chi connectivity index (χ3v) is 12.3. The maximum Gasteiger partial charge on any atom is 0.433 e. The van der Waals surface area contributed by atoms with Gasteiger partial charge in [-0.1, -0.05) is 54.5 Å². The molecule has 0 saturated carbocycles. The molecule has 0 fully saturated rings. The molecule has 36 heavy (non-hydrogen) atoms. The van der Waals surface area contributed by atoms with Gasteiger partial charge in [0.25, 0.3) is 0 Å². The summed E-state index contributed by atoms with van der Waals surface area (Å²) in [5.74, 6) is 0.0193. The van der Waals surface area contributed by atoms with E-state index in [1.54, 1.807) is 0 Å². The first-order chi connectivity index (χ1) is 16.2. The third-order valence-electron chi connectivity index (χ3n) is 7.81. The molecule has 1 N–H and O–H groups in total. The lowest BCUT2D eigenvalue weighted by atomic mass is 9.72. The van der Waals surface area contributed by atoms with Crippen molar-refractivity contribution in [3.05, 3.63) is 57.7 Å². The van der Waals surface area contributed by atoms with Crippen LogP contribution in [0.3, 0.4) is 0 Å². The third kappa shape index (κ3) is 5.70. The molecule has 8 heteroatoms. The molecule has 200 valence electrons. The van der Waals surface area contributed by atoms with Crippen molar-refractivity contribution in [2.75, 3.05) is 0 Å². The van der Waals surface area contributed by atoms with Crippen LogP contribution in [0, 0.1) is 12.3 Å². The summed E-state index contributed by atoms with van der Waals surface area (Å²) >= 11 is 0. The molecule has 4 nitrogen and oxygen atoms in total. The molecule has 1 aliphatic rings. The highest BCUT2D eigenvalue weighted by atomic mass is 28.4. The molecule has 0 aromatic carbocycles. The zero-order chi connectivity index (χ0) is 27.4. The van der Waals surface area contributed by atoms with E-state index < -0.39 is 26.3 Å². The average molecular weight is 523 g/mol. The number of hydrogen-bond donors (Lipinski definition) is 1. The van der Waals surface area contributed by atoms with Crippen LogP contribution in [-0.4, -0.2) is 23.4 Å². The molecule has 2 aromatic heterocycles. The minimum absolute atomic E-state index is 0.00516. The van der Waals surface area contributed by atoms with Crippen LogP contribution < -0.4 is 0 Å². The van der Waals surface area contributed by atoms with Crippen molar-refractivity contribution in [2.45, 2.75) is 111 Å². The van der Waals surface area contributed by atoms with Gasteiger partial charge in [0.2, 0.25) is 0 Å². The molecule has 0 bridgehead atoms. The summed E-state index contributed by atoms with van der Waals surface area (Å²) in [5.41, 5.74) is 3.69. The maximum atomic E-state index is 13.0. The summed E-state index contributed by atoms with van der Waals surface area (Å²) in [5, 5.41) is 11.5. The fourth-order valence-electron chi connectivity index (χ4n) is 4.83. The Labute approximate surface area is 214 Å². The van der Waals surface area contributed by atoms with Crippen LogP contribution in [0.1, 0.15) is 112 Å². The molecular formula is C28H41F3N2O2Si. The second-order valence-corrected chi connectivity index (χ2v) is 17.6. The van der Waals surface area contributed by atoms with E-state index in [0.717, 1.165) is 47.6 Å². The van der Waals surface area contributed by atoms with E-state index in [1.807, 2.05) is 20.8 Å². The summed E-state index contributed by atoms with van der Waals surface area (Å²) in [6, 6.07) is 2.22. The highest BCUT2D eigenvalue weighted by Gasteiger charge is 2.44. The number of aliphatic hydroxyl groups is 1. The molecule has 2 unspecified atom stereocenters. The van der Waals surface area contributed by atoms with Gasteiger partial charge in [0.1, 0.15) is 11.8 Å². The van der Waals surface area contributed by atoms with Crippen molar-refractivity contribution in [2.24, 2.45) is 5.41 Å². The standard InChI is InChI=1S/C28H41F3N2O2Si/c1-16(2)24-23(25(34)18-11-12-21(32-15-18)28(29,30)31)17(3)22-19(33-24)13-27(7,8)14-20(22)35-36(9,10)26(4,5)6/h11-12,15-16,20,25,34H,13-14H2,1-10H3. The van der Waals surface area contributed by atoms with Crippen molar-refractivity contribution in [3.63, 3.8) is 0 Å². The molecule has 0 aliphatic heterocycles. The summed E-state index contributed by atoms with van der Waals surface area (Å²) in [6.45, 7) is 21.6. The largest absolute Gasteiger partial charge is 0.433 e. The van der Waals surface area contributed by atoms with Crippen molar-refractivity contribution >= 4 is 8.32 Å². The van der Waals surface area contributed by atoms with Gasteiger partial charge in [0, 0.05) is 34.3 Å². The number of hydrogen-bond acceptors (Lipinski definition) is 4. The fraction of sp³-hybridized carbons (Fsp3) is 0.643. The second-order valence-electron chi connectivity index (χ2n) is 12.8. The van der Waals surface area contributed by atoms with E-state index in [2.05, 4.69) is 52.7 Å². The number of pyridine rings is 2. The summed E-state index contributed by atoms with van der Waals surface area (Å²) < 4.78 is 46.1. The Balaban J connectivity index is 2.18. The number of alkyl halides is 3. The number of aromatic nitrogens is 2. The number of aliphatic hydroxyl groups excluding tert-OH is 1. The second kappa shape index (κ2) is 9.51. The van der Waals surface area contributed by atoms with Crippen LogP contribution in [0.2, 0.25) is 18.1 Å². The van der Waals surface area contributed by atoms with Gasteiger partial charge in [0.05, 0.1) is 6.10 Å². The molecular weight excluding hydrogens is 481 g/mol. The molecule has 0 saturated heterocycles. The maximum absolute atomic E-state index is 13.0. The van der Waals surface area contributed by atoms with Crippen molar-refractivity contribution < 1.29 is 22.7 Å². The molecule has 0 amide bonds. The van der Waals surface area contributed by atoms with E-state index in [-0.39, 0.29) is 22.5 Å². The summed E-state index contributed by atoms with van der Waals surface area (Å²) in [7, 11) is -2.12. The molecule has 2 heterocycles. The molecule has 2 atom stereocenters. The molecule has 2 aromatic rings. The van der Waals surface area contributed by atoms with Crippen LogP contribution >= 0.6 is 0 Å². The van der Waals surface area contributed by atoms with Crippen molar-refractivity contribution in [3.8, 4) is 0 Å². The van der Waals surface area contributed by atoms with E-state index in [1.165, 1.54) is 6.07 Å². The topological polar surface area (TPSA) is 55.2 Å². The lowest BCUT2D eigenvalue weighted by molar-refractivity contribution is -0.141. The summed E-state index contributed by atoms with van der Waals surface area (Å²) in [6.07, 6.45) is -3.07. The average Bonchev–Trinajstić information content (AvgIpc) is 2.70.